The minimum atomic E-state index is -0.305. The number of aromatic amines is 2. The van der Waals surface area contributed by atoms with E-state index in [4.69, 9.17) is 48.6 Å². The Hall–Kier alpha value is -18.1. The number of H-pyrrole nitrogens is 2. The summed E-state index contributed by atoms with van der Waals surface area (Å²) >= 11 is 0. The summed E-state index contributed by atoms with van der Waals surface area (Å²) in [5, 5.41) is 68.6. The third-order valence-corrected chi connectivity index (χ3v) is 24.1. The number of rotatable bonds is 40. The molecule has 764 valence electrons. The van der Waals surface area contributed by atoms with Crippen LogP contribution in [0.3, 0.4) is 0 Å². The second kappa shape index (κ2) is 53.2. The molecule has 0 atom stereocenters. The van der Waals surface area contributed by atoms with Crippen molar-refractivity contribution in [1.29, 1.82) is 0 Å². The predicted octanol–water partition coefficient (Wildman–Crippen LogP) is 19.3. The second-order valence-electron chi connectivity index (χ2n) is 34.8. The van der Waals surface area contributed by atoms with Gasteiger partial charge in [0.15, 0.2) is 0 Å². The third-order valence-electron chi connectivity index (χ3n) is 24.1. The summed E-state index contributed by atoms with van der Waals surface area (Å²) in [4.78, 5) is 94.8. The van der Waals surface area contributed by atoms with Gasteiger partial charge in [-0.1, -0.05) is 30.3 Å². The van der Waals surface area contributed by atoms with Crippen molar-refractivity contribution in [2.45, 2.75) is 125 Å². The average Bonchev–Trinajstić information content (AvgIpc) is 1.17. The number of fused-ring (bicyclic) bond motifs is 5. The highest BCUT2D eigenvalue weighted by molar-refractivity contribution is 6.06. The van der Waals surface area contributed by atoms with Crippen molar-refractivity contribution >= 4 is 132 Å². The molecule has 7 aromatic carbocycles. The molecule has 0 bridgehead atoms. The average molecular weight is 2020 g/mol. The molecule has 5 amide bonds. The van der Waals surface area contributed by atoms with Crippen LogP contribution in [0, 0.1) is 5.82 Å². The molecule has 0 radical (unpaired) electrons. The molecule has 0 unspecified atom stereocenters. The van der Waals surface area contributed by atoms with Crippen LogP contribution in [0.5, 0.6) is 28.7 Å². The zero-order valence-electron chi connectivity index (χ0n) is 84.2. The predicted molar refractivity (Wildman–Crippen MR) is 584 cm³/mol. The molecule has 9 aromatic heterocycles. The van der Waals surface area contributed by atoms with Crippen molar-refractivity contribution in [3.63, 3.8) is 0 Å². The van der Waals surface area contributed by atoms with E-state index in [1.165, 1.54) is 18.5 Å². The standard InChI is InChI=1S/C24H23FN4O2.C24H24N4O2.C22H24N6O2.C22H22N6O2.C21H22N6O2/c1-2-31-23-15-21(16-5-8-18(25)9-6-16)28-22-14-17(7-10-20(22)23)24(30)26-12-3-4-19-11-13-27-29-19;1-2-30-23-16-21(17-7-4-3-5-8-17)27-22-15-18(10-11-20(22)23)24(29)25-13-6-9-19-12-14-26-28-19;1-3-30-21-12-19(16-13-25-28(2)14-16)26-20-11-15(6-7-18(20)21)22(29)23-9-4-5-17-8-10-24-27-17;1-2-30-21-11-19(16-12-23-14-24-13-16)27-20-10-15(5-6-18(20)21)22(29)25-8-3-4-17-7-9-26-28-17;1-2-29-20-11-18(15-12-24-25-13-15)26-19-10-14(5-6-17(19)20)21(28)22-8-3-4-16-7-9-23-27-16/h5-11,13-15H,2-4,12H2,1H3,(H,26,30)(H,27,29);3-5,7-8,10-11,14-16H,2,6,9,12-13H2,1H3,(H,25,29);6-7,10-14H,3-5,8-9H2,1-2H3,(H,23,29);5-6,9-14H,2-4,7-8H2,1H3,(H,25,29);5-6,9-13H,2-4,7-8H2,1H3,(H,22,28)(H,24,25). The molecule has 0 saturated heterocycles. The fraction of sp³-hybridized carbons (Fsp3) is 0.265. The van der Waals surface area contributed by atoms with Gasteiger partial charge >= 0.3 is 0 Å². The number of pyridine rings is 5. The highest BCUT2D eigenvalue weighted by atomic mass is 19.1. The number of carbonyl (C=O) groups is 5. The first-order chi connectivity index (χ1) is 73.5. The minimum Gasteiger partial charge on any atom is -0.493 e. The van der Waals surface area contributed by atoms with Gasteiger partial charge in [-0.2, -0.15) is 56.1 Å². The number of aromatic nitrogens is 13. The number of benzene rings is 7. The Morgan fingerprint density at radius 1 is 0.347 bits per heavy atom. The lowest BCUT2D eigenvalue weighted by molar-refractivity contribution is 0.0945. The van der Waals surface area contributed by atoms with E-state index in [1.54, 1.807) is 121 Å². The third kappa shape index (κ3) is 28.8. The van der Waals surface area contributed by atoms with Gasteiger partial charge in [-0.15, -0.1) is 0 Å². The fourth-order valence-electron chi connectivity index (χ4n) is 16.6. The summed E-state index contributed by atoms with van der Waals surface area (Å²) < 4.78 is 44.1. The first kappa shape index (κ1) is 105. The first-order valence-corrected chi connectivity index (χ1v) is 50.1. The maximum absolute atomic E-state index is 13.3. The number of halogens is 1. The van der Waals surface area contributed by atoms with E-state index < -0.39 is 0 Å². The van der Waals surface area contributed by atoms with Crippen LogP contribution < -0.4 is 50.3 Å². The monoisotopic (exact) mass is 2010 g/mol. The number of hydrogen-bond acceptors (Lipinski definition) is 28. The van der Waals surface area contributed by atoms with Gasteiger partial charge in [0.1, 0.15) is 40.9 Å². The van der Waals surface area contributed by atoms with E-state index in [-0.39, 0.29) is 35.4 Å². The minimum absolute atomic E-state index is 0.105. The second-order valence-corrected chi connectivity index (χ2v) is 34.8. The number of carbonyl (C=O) groups excluding carboxylic acids is 5. The normalized spacial score (nSPS) is 12.4. The van der Waals surface area contributed by atoms with E-state index in [2.05, 4.69) is 103 Å². The van der Waals surface area contributed by atoms with Gasteiger partial charge in [0.2, 0.25) is 0 Å². The number of nitrogens with one attached hydrogen (secondary N) is 7. The van der Waals surface area contributed by atoms with Crippen LogP contribution in [-0.4, -0.2) is 208 Å². The molecule has 4 aliphatic heterocycles. The fourth-order valence-corrected chi connectivity index (χ4v) is 16.6. The lowest BCUT2D eigenvalue weighted by atomic mass is 10.1. The highest BCUT2D eigenvalue weighted by Gasteiger charge is 2.22. The number of ether oxygens (including phenoxy) is 5. The van der Waals surface area contributed by atoms with Crippen LogP contribution >= 0.6 is 0 Å². The molecular weight excluding hydrogens is 1900 g/mol. The van der Waals surface area contributed by atoms with Gasteiger partial charge in [-0.25, -0.2) is 39.3 Å². The number of hydrogen-bond donors (Lipinski definition) is 7. The van der Waals surface area contributed by atoms with Gasteiger partial charge in [-0.3, -0.25) is 38.9 Å². The van der Waals surface area contributed by atoms with Crippen LogP contribution in [0.25, 0.3) is 111 Å². The van der Waals surface area contributed by atoms with E-state index >= 15 is 0 Å². The number of nitrogens with zero attached hydrogens (tertiary/aromatic N) is 19. The van der Waals surface area contributed by atoms with Crippen LogP contribution in [-0.2, 0) is 13.5 Å². The summed E-state index contributed by atoms with van der Waals surface area (Å²) in [6, 6.07) is 54.9. The molecule has 150 heavy (non-hydrogen) atoms. The topological polar surface area (TPSA) is 456 Å². The van der Waals surface area contributed by atoms with Crippen LogP contribution in [0.2, 0.25) is 0 Å². The van der Waals surface area contributed by atoms with Gasteiger partial charge in [0, 0.05) is 263 Å². The highest BCUT2D eigenvalue weighted by Crippen LogP contribution is 2.38. The molecule has 36 nitrogen and oxygen atoms in total. The zero-order chi connectivity index (χ0) is 104. The van der Waals surface area contributed by atoms with Crippen LogP contribution in [0.15, 0.2) is 273 Å². The zero-order valence-corrected chi connectivity index (χ0v) is 84.2. The summed E-state index contributed by atoms with van der Waals surface area (Å²) in [5.74, 6) is 2.71. The maximum Gasteiger partial charge on any atom is 0.251 e. The SMILES string of the molecule is CCOc1cc(-c2ccc(F)cc2)nc2cc(C(=O)NCCCc3ccn[nH]3)ccc12.CCOc1cc(-c2ccccc2)nc2cc(C(=O)NCCCC3=NN=CC3)ccc12.CCOc1cc(-c2cn[nH]c2)nc2cc(C(=O)NCCCC3=NN=CC3)ccc12.CCOc1cc(-c2cncnc2)nc2cc(C(=O)NCCCC3=NN=CC3)ccc12.CCOc1cc(-c2cnn(C)c2)nc2cc(C(=O)NCCCC3=NN=CC3)ccc12. The lowest BCUT2D eigenvalue weighted by Gasteiger charge is -2.12. The van der Waals surface area contributed by atoms with Gasteiger partial charge in [0.05, 0.1) is 101 Å². The van der Waals surface area contributed by atoms with Crippen LogP contribution in [0.1, 0.15) is 176 Å². The Bertz CT molecular complexity index is 7510. The molecular formula is C113H115FN26O10. The molecule has 37 heteroatoms. The number of aryl methyl sites for hydroxylation is 2. The molecule has 0 fully saturated rings. The van der Waals surface area contributed by atoms with E-state index in [0.29, 0.717) is 139 Å². The largest absolute Gasteiger partial charge is 0.493 e. The van der Waals surface area contributed by atoms with Crippen molar-refractivity contribution in [3.05, 3.63) is 271 Å². The summed E-state index contributed by atoms with van der Waals surface area (Å²) in [5.41, 5.74) is 19.6. The van der Waals surface area contributed by atoms with Gasteiger partial charge in [-0.05, 0) is 220 Å². The molecule has 4 aliphatic rings. The van der Waals surface area contributed by atoms with Gasteiger partial charge < -0.3 is 50.3 Å². The molecule has 0 spiro atoms. The van der Waals surface area contributed by atoms with Crippen molar-refractivity contribution in [2.75, 3.05) is 65.8 Å². The molecule has 0 aliphatic carbocycles. The van der Waals surface area contributed by atoms with Crippen molar-refractivity contribution in [1.82, 2.24) is 91.6 Å². The molecule has 0 saturated carbocycles. The van der Waals surface area contributed by atoms with Crippen molar-refractivity contribution in [2.24, 2.45) is 47.9 Å². The summed E-state index contributed by atoms with van der Waals surface area (Å²) in [6.45, 7) is 15.3. The van der Waals surface area contributed by atoms with Crippen molar-refractivity contribution < 1.29 is 52.0 Å². The Morgan fingerprint density at radius 2 is 0.673 bits per heavy atom. The quantitative estimate of drug-likeness (QED) is 0.0175. The van der Waals surface area contributed by atoms with Crippen molar-refractivity contribution in [3.8, 4) is 85.0 Å². The first-order valence-electron chi connectivity index (χ1n) is 50.1. The van der Waals surface area contributed by atoms with Crippen LogP contribution in [0.4, 0.5) is 4.39 Å². The Balaban J connectivity index is 0.000000133. The Kier molecular flexibility index (Phi) is 37.1. The summed E-state index contributed by atoms with van der Waals surface area (Å²) in [6.07, 6.45) is 32.5. The molecule has 16 aromatic rings. The molecule has 7 N–H and O–H groups in total. The molecule has 13 heterocycles. The Morgan fingerprint density at radius 3 is 0.973 bits per heavy atom. The molecule has 20 rings (SSSR count). The van der Waals surface area contributed by atoms with E-state index in [0.717, 1.165) is 213 Å². The van der Waals surface area contributed by atoms with Gasteiger partial charge in [0.25, 0.3) is 29.5 Å². The summed E-state index contributed by atoms with van der Waals surface area (Å²) in [7, 11) is 1.86. The maximum atomic E-state index is 13.3. The van der Waals surface area contributed by atoms with E-state index in [1.807, 2.05) is 163 Å². The Labute approximate surface area is 864 Å². The lowest BCUT2D eigenvalue weighted by Crippen LogP contribution is -2.24. The van der Waals surface area contributed by atoms with E-state index in [9.17, 15) is 28.4 Å². The smallest absolute Gasteiger partial charge is 0.251 e. The number of amides is 5.